The molecule has 0 spiro atoms. The summed E-state index contributed by atoms with van der Waals surface area (Å²) in [6, 6.07) is 6.19. The number of nitrogens with two attached hydrogens (primary N) is 2. The van der Waals surface area contributed by atoms with Crippen molar-refractivity contribution in [1.82, 2.24) is 19.5 Å². The molecule has 0 aliphatic carbocycles. The topological polar surface area (TPSA) is 138 Å². The van der Waals surface area contributed by atoms with Gasteiger partial charge in [0.05, 0.1) is 18.4 Å². The number of likely N-dealkylation sites (tertiary alicyclic amines) is 1. The van der Waals surface area contributed by atoms with Crippen LogP contribution in [0.3, 0.4) is 0 Å². The van der Waals surface area contributed by atoms with Crippen LogP contribution in [0.5, 0.6) is 5.75 Å². The first-order valence-electron chi connectivity index (χ1n) is 12.2. The molecule has 1 fully saturated rings. The maximum absolute atomic E-state index is 14.0. The molecule has 1 saturated heterocycles. The van der Waals surface area contributed by atoms with Gasteiger partial charge in [0.2, 0.25) is 5.91 Å². The smallest absolute Gasteiger partial charge is 0.272 e. The molecule has 1 aromatic carbocycles. The number of nitrogens with zero attached hydrogens (tertiary/aromatic N) is 4. The zero-order valence-corrected chi connectivity index (χ0v) is 21.9. The Morgan fingerprint density at radius 2 is 1.97 bits per heavy atom. The van der Waals surface area contributed by atoms with E-state index in [4.69, 9.17) is 20.9 Å². The van der Waals surface area contributed by atoms with Crippen LogP contribution in [0.15, 0.2) is 24.5 Å². The zero-order chi connectivity index (χ0) is 26.3. The Morgan fingerprint density at radius 3 is 2.65 bits per heavy atom. The second kappa shape index (κ2) is 9.98. The molecule has 4 N–H and O–H groups in total. The van der Waals surface area contributed by atoms with Crippen LogP contribution in [0.1, 0.15) is 41.4 Å². The molecule has 4 aromatic rings. The first-order valence-corrected chi connectivity index (χ1v) is 13.0. The van der Waals surface area contributed by atoms with Gasteiger partial charge in [-0.05, 0) is 49.8 Å². The molecule has 1 aliphatic heterocycles. The highest BCUT2D eigenvalue weighted by atomic mass is 32.1. The number of anilines is 1. The van der Waals surface area contributed by atoms with Gasteiger partial charge in [0.1, 0.15) is 23.3 Å². The lowest BCUT2D eigenvalue weighted by Gasteiger charge is -2.30. The van der Waals surface area contributed by atoms with Crippen molar-refractivity contribution in [3.8, 4) is 16.2 Å². The van der Waals surface area contributed by atoms with Crippen LogP contribution in [0.25, 0.3) is 26.0 Å². The van der Waals surface area contributed by atoms with Crippen molar-refractivity contribution in [3.63, 3.8) is 0 Å². The highest BCUT2D eigenvalue weighted by Gasteiger charge is 2.33. The Bertz CT molecular complexity index is 1500. The van der Waals surface area contributed by atoms with Crippen molar-refractivity contribution in [1.29, 1.82) is 0 Å². The molecular weight excluding hydrogens is 492 g/mol. The third kappa shape index (κ3) is 4.38. The van der Waals surface area contributed by atoms with Crippen LogP contribution < -0.4 is 16.2 Å². The van der Waals surface area contributed by atoms with E-state index in [1.807, 2.05) is 19.9 Å². The number of piperidine rings is 1. The Morgan fingerprint density at radius 1 is 1.22 bits per heavy atom. The Balaban J connectivity index is 1.71. The van der Waals surface area contributed by atoms with Crippen molar-refractivity contribution in [2.45, 2.75) is 33.3 Å². The fourth-order valence-electron chi connectivity index (χ4n) is 5.05. The number of aromatic nitrogens is 3. The first kappa shape index (κ1) is 25.0. The van der Waals surface area contributed by atoms with Crippen molar-refractivity contribution in [2.24, 2.45) is 11.7 Å². The number of carbonyl (C=O) groups is 2. The van der Waals surface area contributed by atoms with Crippen LogP contribution >= 0.6 is 11.3 Å². The van der Waals surface area contributed by atoms with E-state index in [2.05, 4.69) is 22.2 Å². The van der Waals surface area contributed by atoms with Crippen LogP contribution in [-0.4, -0.2) is 58.1 Å². The van der Waals surface area contributed by atoms with E-state index in [1.54, 1.807) is 27.9 Å². The average molecular weight is 523 g/mol. The number of ether oxygens (including phenoxy) is 2. The van der Waals surface area contributed by atoms with Gasteiger partial charge in [0.25, 0.3) is 5.91 Å². The lowest BCUT2D eigenvalue weighted by Crippen LogP contribution is -2.42. The summed E-state index contributed by atoms with van der Waals surface area (Å²) in [7, 11) is 1.66. The summed E-state index contributed by atoms with van der Waals surface area (Å²) in [5.74, 6) is 0.331. The van der Waals surface area contributed by atoms with Crippen molar-refractivity contribution < 1.29 is 19.1 Å². The number of hydrogen-bond donors (Lipinski definition) is 2. The van der Waals surface area contributed by atoms with Crippen molar-refractivity contribution in [2.75, 3.05) is 32.5 Å². The van der Waals surface area contributed by atoms with E-state index in [-0.39, 0.29) is 30.2 Å². The minimum atomic E-state index is -0.324. The molecule has 10 nitrogen and oxygen atoms in total. The molecule has 37 heavy (non-hydrogen) atoms. The van der Waals surface area contributed by atoms with Gasteiger partial charge >= 0.3 is 0 Å². The number of benzene rings is 1. The molecular formula is C26H30N6O4S. The molecule has 4 heterocycles. The van der Waals surface area contributed by atoms with Gasteiger partial charge in [-0.3, -0.25) is 9.59 Å². The minimum absolute atomic E-state index is 0.188. The molecule has 11 heteroatoms. The normalized spacial score (nSPS) is 14.5. The largest absolute Gasteiger partial charge is 0.495 e. The van der Waals surface area contributed by atoms with E-state index in [0.717, 1.165) is 31.8 Å². The predicted molar refractivity (Wildman–Crippen MR) is 143 cm³/mol. The number of primary amides is 1. The molecule has 2 amide bonds. The monoisotopic (exact) mass is 522 g/mol. The van der Waals surface area contributed by atoms with Crippen molar-refractivity contribution in [3.05, 3.63) is 41.3 Å². The second-order valence-corrected chi connectivity index (χ2v) is 10.3. The third-order valence-electron chi connectivity index (χ3n) is 6.89. The van der Waals surface area contributed by atoms with Gasteiger partial charge in [-0.25, -0.2) is 9.50 Å². The lowest BCUT2D eigenvalue weighted by atomic mass is 9.96. The van der Waals surface area contributed by atoms with Gasteiger partial charge in [-0.2, -0.15) is 5.10 Å². The maximum Gasteiger partial charge on any atom is 0.272 e. The molecule has 0 unspecified atom stereocenters. The van der Waals surface area contributed by atoms with Gasteiger partial charge in [0.15, 0.2) is 5.82 Å². The van der Waals surface area contributed by atoms with E-state index in [1.165, 1.54) is 6.33 Å². The fourth-order valence-corrected chi connectivity index (χ4v) is 6.25. The molecule has 0 bridgehead atoms. The van der Waals surface area contributed by atoms with Crippen LogP contribution in [0, 0.1) is 12.8 Å². The minimum Gasteiger partial charge on any atom is -0.495 e. The fraction of sp³-hybridized carbons (Fsp3) is 0.385. The van der Waals surface area contributed by atoms with Gasteiger partial charge in [-0.15, -0.1) is 11.3 Å². The zero-order valence-electron chi connectivity index (χ0n) is 21.1. The Kier molecular flexibility index (Phi) is 6.74. The number of nitrogen functional groups attached to an aromatic ring is 1. The molecule has 0 atom stereocenters. The maximum atomic E-state index is 14.0. The number of hydrogen-bond acceptors (Lipinski definition) is 8. The Hall–Kier alpha value is -3.70. The Labute approximate surface area is 218 Å². The summed E-state index contributed by atoms with van der Waals surface area (Å²) in [6.07, 6.45) is 2.42. The quantitative estimate of drug-likeness (QED) is 0.379. The standard InChI is InChI=1S/C26H30N6O4S/c1-4-36-12-17-20(19-11-16-9-14(2)10-18(35-3)23(16)37-19)22-24(27)29-13-30-32(22)21(17)26(34)31-7-5-15(6-8-31)25(28)33/h9-11,13,15H,4-8,12H2,1-3H3,(H2,28,33)(H2,27,29,30). The van der Waals surface area contributed by atoms with Gasteiger partial charge < -0.3 is 25.8 Å². The van der Waals surface area contributed by atoms with E-state index >= 15 is 0 Å². The summed E-state index contributed by atoms with van der Waals surface area (Å²) in [4.78, 5) is 32.5. The lowest BCUT2D eigenvalue weighted by molar-refractivity contribution is -0.123. The van der Waals surface area contributed by atoms with E-state index in [9.17, 15) is 9.59 Å². The first-order chi connectivity index (χ1) is 17.8. The van der Waals surface area contributed by atoms with E-state index in [0.29, 0.717) is 49.3 Å². The van der Waals surface area contributed by atoms with Gasteiger partial charge in [0, 0.05) is 41.6 Å². The van der Waals surface area contributed by atoms with Crippen LogP contribution in [0.4, 0.5) is 5.82 Å². The number of amides is 2. The van der Waals surface area contributed by atoms with Crippen LogP contribution in [-0.2, 0) is 16.1 Å². The highest BCUT2D eigenvalue weighted by Crippen LogP contribution is 2.44. The predicted octanol–water partition coefficient (Wildman–Crippen LogP) is 3.38. The summed E-state index contributed by atoms with van der Waals surface area (Å²) in [5.41, 5.74) is 15.4. The summed E-state index contributed by atoms with van der Waals surface area (Å²) >= 11 is 1.56. The number of aryl methyl sites for hydroxylation is 1. The molecule has 5 rings (SSSR count). The third-order valence-corrected chi connectivity index (χ3v) is 8.07. The SMILES string of the molecule is CCOCc1c(-c2cc3cc(C)cc(OC)c3s2)c2c(N)ncnn2c1C(=O)N1CCC(C(N)=O)CC1. The average Bonchev–Trinajstić information content (AvgIpc) is 3.45. The number of rotatable bonds is 7. The summed E-state index contributed by atoms with van der Waals surface area (Å²) in [6.45, 7) is 5.48. The number of methoxy groups -OCH3 is 1. The number of carbonyl (C=O) groups excluding carboxylic acids is 2. The molecule has 0 saturated carbocycles. The molecule has 0 radical (unpaired) electrons. The second-order valence-electron chi connectivity index (χ2n) is 9.21. The van der Waals surface area contributed by atoms with Gasteiger partial charge in [-0.1, -0.05) is 6.07 Å². The number of fused-ring (bicyclic) bond motifs is 2. The molecule has 3 aromatic heterocycles. The molecule has 194 valence electrons. The van der Waals surface area contributed by atoms with Crippen molar-refractivity contribution >= 4 is 44.6 Å². The van der Waals surface area contributed by atoms with E-state index < -0.39 is 0 Å². The van der Waals surface area contributed by atoms with Crippen LogP contribution in [0.2, 0.25) is 0 Å². The number of thiophene rings is 1. The highest BCUT2D eigenvalue weighted by molar-refractivity contribution is 7.22. The molecule has 1 aliphatic rings. The summed E-state index contributed by atoms with van der Waals surface area (Å²) < 4.78 is 14.1. The summed E-state index contributed by atoms with van der Waals surface area (Å²) in [5, 5.41) is 5.48.